The molecule has 2 aromatic rings. The minimum Gasteiger partial charge on any atom is -0.462 e. The highest BCUT2D eigenvalue weighted by molar-refractivity contribution is 7.17. The van der Waals surface area contributed by atoms with Crippen molar-refractivity contribution in [3.05, 3.63) is 32.0 Å². The molecule has 0 saturated carbocycles. The first-order valence-corrected chi connectivity index (χ1v) is 13.9. The average Bonchev–Trinajstić information content (AvgIpc) is 3.47. The van der Waals surface area contributed by atoms with E-state index in [0.717, 1.165) is 0 Å². The minimum atomic E-state index is -0.695. The van der Waals surface area contributed by atoms with E-state index in [1.165, 1.54) is 11.3 Å². The van der Waals surface area contributed by atoms with Crippen LogP contribution in [0.3, 0.4) is 0 Å². The normalized spacial score (nSPS) is 21.1. The zero-order chi connectivity index (χ0) is 27.4. The van der Waals surface area contributed by atoms with Crippen LogP contribution in [0, 0.1) is 18.3 Å². The molecule has 1 amide bonds. The Hall–Kier alpha value is -2.40. The fourth-order valence-electron chi connectivity index (χ4n) is 4.60. The number of hydrogen-bond acceptors (Lipinski definition) is 10. The molecule has 2 saturated heterocycles. The van der Waals surface area contributed by atoms with Crippen molar-refractivity contribution in [2.24, 2.45) is 0 Å². The van der Waals surface area contributed by atoms with Crippen LogP contribution in [0.25, 0.3) is 0 Å². The molecule has 38 heavy (non-hydrogen) atoms. The van der Waals surface area contributed by atoms with E-state index < -0.39 is 12.0 Å². The van der Waals surface area contributed by atoms with Gasteiger partial charge >= 0.3 is 5.97 Å². The topological polar surface area (TPSA) is 133 Å². The quantitative estimate of drug-likeness (QED) is 0.448. The first-order valence-electron chi connectivity index (χ1n) is 12.3. The summed E-state index contributed by atoms with van der Waals surface area (Å²) in [5.74, 6) is -0.865. The number of piperidine rings is 1. The van der Waals surface area contributed by atoms with E-state index in [1.54, 1.807) is 21.0 Å². The number of amides is 1. The van der Waals surface area contributed by atoms with Crippen LogP contribution >= 0.6 is 34.5 Å². The number of H-pyrrole nitrogens is 1. The molecule has 4 rings (SSSR count). The van der Waals surface area contributed by atoms with Gasteiger partial charge in [0, 0.05) is 39.0 Å². The molecule has 0 radical (unpaired) electrons. The van der Waals surface area contributed by atoms with Gasteiger partial charge in [-0.3, -0.25) is 9.69 Å². The van der Waals surface area contributed by atoms with Crippen molar-refractivity contribution in [2.45, 2.75) is 38.5 Å². The minimum absolute atomic E-state index is 0.183. The molecular formula is C24H30Cl2N6O5S. The molecule has 2 fully saturated rings. The molecule has 0 aliphatic carbocycles. The Morgan fingerprint density at radius 1 is 1.32 bits per heavy atom. The number of ether oxygens (including phenoxy) is 3. The summed E-state index contributed by atoms with van der Waals surface area (Å²) < 4.78 is 16.4. The van der Waals surface area contributed by atoms with Gasteiger partial charge in [-0.1, -0.05) is 34.5 Å². The second-order valence-electron chi connectivity index (χ2n) is 8.95. The Kier molecular flexibility index (Phi) is 9.51. The summed E-state index contributed by atoms with van der Waals surface area (Å²) in [4.78, 5) is 37.7. The third kappa shape index (κ3) is 5.93. The number of rotatable bonds is 8. The molecule has 2 aliphatic heterocycles. The van der Waals surface area contributed by atoms with Crippen LogP contribution in [0.4, 0.5) is 5.13 Å². The predicted octanol–water partition coefficient (Wildman–Crippen LogP) is 3.18. The summed E-state index contributed by atoms with van der Waals surface area (Å²) in [7, 11) is 1.58. The maximum Gasteiger partial charge on any atom is 0.350 e. The number of thiazole rings is 1. The summed E-state index contributed by atoms with van der Waals surface area (Å²) in [6.07, 6.45) is 0.201. The van der Waals surface area contributed by atoms with Crippen LogP contribution < -0.4 is 10.2 Å². The number of nitrogens with one attached hydrogen (secondary N) is 2. The standard InChI is InChI=1S/C24H30Cl2N6O5S/c1-4-37-23(34)21-19(15(11-27)31-7-9-36-10-8-31)30-24(38-21)32-6-5-14(16(12-32)35-3)29-22(33)20-18(26)17(25)13(2)28-20/h14-16,28H,4-10,12H2,1-3H3,(H,29,33)/t14-,15?,16+/m0/s1. The van der Waals surface area contributed by atoms with Crippen molar-refractivity contribution in [1.82, 2.24) is 20.2 Å². The van der Waals surface area contributed by atoms with Crippen molar-refractivity contribution in [2.75, 3.05) is 58.0 Å². The summed E-state index contributed by atoms with van der Waals surface area (Å²) in [6, 6.07) is 1.33. The molecule has 4 heterocycles. The van der Waals surface area contributed by atoms with Gasteiger partial charge in [0.05, 0.1) is 48.1 Å². The van der Waals surface area contributed by atoms with Crippen LogP contribution in [-0.2, 0) is 14.2 Å². The number of anilines is 1. The zero-order valence-electron chi connectivity index (χ0n) is 21.4. The lowest BCUT2D eigenvalue weighted by Crippen LogP contribution is -2.55. The maximum atomic E-state index is 12.9. The summed E-state index contributed by atoms with van der Waals surface area (Å²) in [6.45, 7) is 6.82. The third-order valence-electron chi connectivity index (χ3n) is 6.62. The van der Waals surface area contributed by atoms with Gasteiger partial charge in [0.15, 0.2) is 5.13 Å². The van der Waals surface area contributed by atoms with Crippen LogP contribution in [0.2, 0.25) is 10.0 Å². The van der Waals surface area contributed by atoms with Crippen LogP contribution in [-0.4, -0.2) is 92.0 Å². The Balaban J connectivity index is 1.53. The monoisotopic (exact) mass is 584 g/mol. The molecular weight excluding hydrogens is 555 g/mol. The van der Waals surface area contributed by atoms with Crippen molar-refractivity contribution < 1.29 is 23.8 Å². The molecule has 3 atom stereocenters. The van der Waals surface area contributed by atoms with Gasteiger partial charge in [-0.15, -0.1) is 0 Å². The Labute approximate surface area is 234 Å². The number of methoxy groups -OCH3 is 1. The molecule has 14 heteroatoms. The van der Waals surface area contributed by atoms with Crippen LogP contribution in [0.15, 0.2) is 0 Å². The number of nitrogens with zero attached hydrogens (tertiary/aromatic N) is 4. The SMILES string of the molecule is CCOC(=O)c1sc(N2CC[C@H](NC(=O)c3[nH]c(C)c(Cl)c3Cl)[C@H](OC)C2)nc1C(C#N)N1CCOCC1. The Bertz CT molecular complexity index is 1210. The lowest BCUT2D eigenvalue weighted by molar-refractivity contribution is 0.0256. The fraction of sp³-hybridized carbons (Fsp3) is 0.583. The first kappa shape index (κ1) is 28.6. The van der Waals surface area contributed by atoms with Crippen molar-refractivity contribution >= 4 is 51.5 Å². The lowest BCUT2D eigenvalue weighted by Gasteiger charge is -2.38. The summed E-state index contributed by atoms with van der Waals surface area (Å²) >= 11 is 13.5. The van der Waals surface area contributed by atoms with Gasteiger partial charge in [-0.25, -0.2) is 9.78 Å². The van der Waals surface area contributed by atoms with Gasteiger partial charge in [-0.2, -0.15) is 5.26 Å². The highest BCUT2D eigenvalue weighted by Crippen LogP contribution is 2.35. The molecule has 1 unspecified atom stereocenters. The first-order chi connectivity index (χ1) is 18.3. The molecule has 2 aromatic heterocycles. The van der Waals surface area contributed by atoms with Gasteiger partial charge in [0.1, 0.15) is 22.3 Å². The smallest absolute Gasteiger partial charge is 0.350 e. The molecule has 2 N–H and O–H groups in total. The molecule has 2 aliphatic rings. The van der Waals surface area contributed by atoms with Crippen LogP contribution in [0.1, 0.15) is 50.9 Å². The van der Waals surface area contributed by atoms with E-state index in [-0.39, 0.29) is 35.4 Å². The number of nitriles is 1. The second-order valence-corrected chi connectivity index (χ2v) is 10.7. The number of carbonyl (C=O) groups is 2. The molecule has 206 valence electrons. The second kappa shape index (κ2) is 12.6. The van der Waals surface area contributed by atoms with E-state index in [2.05, 4.69) is 16.4 Å². The predicted molar refractivity (Wildman–Crippen MR) is 143 cm³/mol. The van der Waals surface area contributed by atoms with Crippen molar-refractivity contribution in [3.8, 4) is 6.07 Å². The van der Waals surface area contributed by atoms with E-state index in [1.807, 2.05) is 9.80 Å². The third-order valence-corrected chi connectivity index (χ3v) is 8.68. The number of hydrogen-bond donors (Lipinski definition) is 2. The van der Waals surface area contributed by atoms with E-state index in [9.17, 15) is 14.9 Å². The van der Waals surface area contributed by atoms with E-state index in [0.29, 0.717) is 72.2 Å². The zero-order valence-corrected chi connectivity index (χ0v) is 23.7. The maximum absolute atomic E-state index is 12.9. The lowest BCUT2D eigenvalue weighted by atomic mass is 10.0. The molecule has 0 spiro atoms. The number of carbonyl (C=O) groups excluding carboxylic acids is 2. The number of morpholine rings is 1. The van der Waals surface area contributed by atoms with E-state index >= 15 is 0 Å². The van der Waals surface area contributed by atoms with Gasteiger partial charge in [0.2, 0.25) is 0 Å². The van der Waals surface area contributed by atoms with E-state index in [4.69, 9.17) is 42.4 Å². The van der Waals surface area contributed by atoms with Crippen LogP contribution in [0.5, 0.6) is 0 Å². The Morgan fingerprint density at radius 3 is 2.66 bits per heavy atom. The number of halogens is 2. The summed E-state index contributed by atoms with van der Waals surface area (Å²) in [5.41, 5.74) is 1.22. The Morgan fingerprint density at radius 2 is 2.05 bits per heavy atom. The van der Waals surface area contributed by atoms with Gasteiger partial charge in [-0.05, 0) is 20.3 Å². The molecule has 11 nitrogen and oxygen atoms in total. The molecule has 0 aromatic carbocycles. The fourth-order valence-corrected chi connectivity index (χ4v) is 6.04. The number of esters is 1. The van der Waals surface area contributed by atoms with Gasteiger partial charge in [0.25, 0.3) is 5.91 Å². The summed E-state index contributed by atoms with van der Waals surface area (Å²) in [5, 5.41) is 14.1. The highest BCUT2D eigenvalue weighted by atomic mass is 35.5. The molecule has 0 bridgehead atoms. The number of aromatic nitrogens is 2. The average molecular weight is 586 g/mol. The highest BCUT2D eigenvalue weighted by Gasteiger charge is 2.36. The largest absolute Gasteiger partial charge is 0.462 e. The number of aryl methyl sites for hydroxylation is 1. The van der Waals surface area contributed by atoms with Crippen molar-refractivity contribution in [3.63, 3.8) is 0 Å². The number of aromatic amines is 1. The van der Waals surface area contributed by atoms with Crippen molar-refractivity contribution in [1.29, 1.82) is 5.26 Å². The van der Waals surface area contributed by atoms with Gasteiger partial charge < -0.3 is 29.4 Å².